The van der Waals surface area contributed by atoms with Crippen molar-refractivity contribution in [2.24, 2.45) is 17.8 Å². The summed E-state index contributed by atoms with van der Waals surface area (Å²) >= 11 is 0. The van der Waals surface area contributed by atoms with Crippen LogP contribution in [0.25, 0.3) is 0 Å². The van der Waals surface area contributed by atoms with Crippen LogP contribution in [0.2, 0.25) is 0 Å². The van der Waals surface area contributed by atoms with Crippen LogP contribution < -0.4 is 0 Å². The average Bonchev–Trinajstić information content (AvgIpc) is 3.42. The van der Waals surface area contributed by atoms with E-state index in [1.165, 1.54) is 19.3 Å². The third-order valence-electron chi connectivity index (χ3n) is 7.66. The summed E-state index contributed by atoms with van der Waals surface area (Å²) in [4.78, 5) is 32.7. The maximum absolute atomic E-state index is 13.0. The van der Waals surface area contributed by atoms with Gasteiger partial charge in [-0.3, -0.25) is 9.59 Å². The van der Waals surface area contributed by atoms with Crippen LogP contribution in [0.5, 0.6) is 0 Å². The predicted octanol–water partition coefficient (Wildman–Crippen LogP) is 1.65. The van der Waals surface area contributed by atoms with Gasteiger partial charge in [0.05, 0.1) is 19.2 Å². The lowest BCUT2D eigenvalue weighted by Crippen LogP contribution is -2.56. The Morgan fingerprint density at radius 3 is 2.69 bits per heavy atom. The van der Waals surface area contributed by atoms with Crippen molar-refractivity contribution in [2.75, 3.05) is 32.8 Å². The number of likely N-dealkylation sites (tertiary alicyclic amines) is 2. The number of morpholine rings is 1. The molecule has 0 radical (unpaired) electrons. The molecule has 0 aromatic carbocycles. The molecule has 0 unspecified atom stereocenters. The molecule has 5 rings (SSSR count). The number of hydrogen-bond donors (Lipinski definition) is 2. The summed E-state index contributed by atoms with van der Waals surface area (Å²) in [5.74, 6) is 0.754. The number of carbonyl (C=O) groups excluding carboxylic acids is 2. The van der Waals surface area contributed by atoms with Gasteiger partial charge in [0.1, 0.15) is 11.3 Å². The third-order valence-corrected chi connectivity index (χ3v) is 7.66. The maximum Gasteiger partial charge on any atom is 0.270 e. The smallest absolute Gasteiger partial charge is 0.270 e. The Balaban J connectivity index is 1.32. The topological polar surface area (TPSA) is 85.9 Å². The molecule has 1 aliphatic carbocycles. The van der Waals surface area contributed by atoms with E-state index in [-0.39, 0.29) is 36.4 Å². The molecule has 2 amide bonds. The molecule has 4 fully saturated rings. The Bertz CT molecular complexity index is 760. The summed E-state index contributed by atoms with van der Waals surface area (Å²) in [7, 11) is 0. The number of fused-ring (bicyclic) bond motifs is 1. The standard InChI is InChI=1S/C22H31N3O4/c26-12-16-17-10-24(20(27)9-15-5-2-1-3-6-15)13-22(17)14-25(11-19(16)29-22)21(28)18-7-4-8-23-18/h4,7-8,15-17,19,23,26H,1-3,5-6,9-14H2/t16-,17+,19+,22-/m0/s1. The van der Waals surface area contributed by atoms with Crippen molar-refractivity contribution in [1.29, 1.82) is 0 Å². The summed E-state index contributed by atoms with van der Waals surface area (Å²) < 4.78 is 6.42. The zero-order chi connectivity index (χ0) is 20.0. The van der Waals surface area contributed by atoms with Crippen LogP contribution >= 0.6 is 0 Å². The number of nitrogens with zero attached hydrogens (tertiary/aromatic N) is 2. The van der Waals surface area contributed by atoms with Crippen molar-refractivity contribution in [3.05, 3.63) is 24.0 Å². The van der Waals surface area contributed by atoms with Crippen LogP contribution in [0.15, 0.2) is 18.3 Å². The molecule has 4 aliphatic rings. The quantitative estimate of drug-likeness (QED) is 0.803. The van der Waals surface area contributed by atoms with Crippen molar-refractivity contribution < 1.29 is 19.4 Å². The van der Waals surface area contributed by atoms with Crippen LogP contribution in [-0.4, -0.2) is 76.2 Å². The molecular formula is C22H31N3O4. The van der Waals surface area contributed by atoms with E-state index in [2.05, 4.69) is 4.98 Å². The van der Waals surface area contributed by atoms with E-state index in [9.17, 15) is 14.7 Å². The number of aliphatic hydroxyl groups is 1. The van der Waals surface area contributed by atoms with Gasteiger partial charge in [0.25, 0.3) is 5.91 Å². The van der Waals surface area contributed by atoms with Crippen molar-refractivity contribution in [2.45, 2.75) is 50.2 Å². The van der Waals surface area contributed by atoms with Crippen molar-refractivity contribution >= 4 is 11.8 Å². The number of rotatable bonds is 4. The fourth-order valence-corrected chi connectivity index (χ4v) is 6.18. The highest BCUT2D eigenvalue weighted by Gasteiger charge is 2.63. The highest BCUT2D eigenvalue weighted by atomic mass is 16.5. The van der Waals surface area contributed by atoms with Crippen LogP contribution in [0.3, 0.4) is 0 Å². The summed E-state index contributed by atoms with van der Waals surface area (Å²) in [5, 5.41) is 10.1. The van der Waals surface area contributed by atoms with E-state index >= 15 is 0 Å². The Labute approximate surface area is 171 Å². The van der Waals surface area contributed by atoms with E-state index in [0.717, 1.165) is 12.8 Å². The zero-order valence-electron chi connectivity index (χ0n) is 16.9. The second kappa shape index (κ2) is 7.43. The molecule has 7 nitrogen and oxygen atoms in total. The molecule has 1 aromatic rings. The maximum atomic E-state index is 13.0. The third kappa shape index (κ3) is 3.28. The van der Waals surface area contributed by atoms with Crippen LogP contribution in [-0.2, 0) is 9.53 Å². The first kappa shape index (κ1) is 19.1. The highest BCUT2D eigenvalue weighted by Crippen LogP contribution is 2.49. The van der Waals surface area contributed by atoms with Crippen molar-refractivity contribution in [1.82, 2.24) is 14.8 Å². The minimum Gasteiger partial charge on any atom is -0.396 e. The minimum absolute atomic E-state index is 0.0241. The molecule has 1 spiro atoms. The Kier molecular flexibility index (Phi) is 4.90. The molecule has 2 bridgehead atoms. The largest absolute Gasteiger partial charge is 0.396 e. The normalized spacial score (nSPS) is 34.4. The Morgan fingerprint density at radius 1 is 1.17 bits per heavy atom. The molecular weight excluding hydrogens is 370 g/mol. The number of ether oxygens (including phenoxy) is 1. The van der Waals surface area contributed by atoms with Gasteiger partial charge in [-0.05, 0) is 30.9 Å². The fourth-order valence-electron chi connectivity index (χ4n) is 6.18. The zero-order valence-corrected chi connectivity index (χ0v) is 16.9. The van der Waals surface area contributed by atoms with E-state index in [0.29, 0.717) is 44.2 Å². The van der Waals surface area contributed by atoms with Gasteiger partial charge in [0.2, 0.25) is 5.91 Å². The van der Waals surface area contributed by atoms with Gasteiger partial charge < -0.3 is 24.6 Å². The second-order valence-electron chi connectivity index (χ2n) is 9.43. The number of amides is 2. The molecule has 1 aromatic heterocycles. The van der Waals surface area contributed by atoms with Crippen molar-refractivity contribution in [3.8, 4) is 0 Å². The number of aromatic nitrogens is 1. The van der Waals surface area contributed by atoms with Gasteiger partial charge in [-0.25, -0.2) is 0 Å². The monoisotopic (exact) mass is 401 g/mol. The SMILES string of the molecule is O=C(CC1CCCCC1)N1C[C@@H]2[C@H](CO)[C@H]3CN(C(=O)c4ccc[nH]4)C[C@]2(C1)O3. The van der Waals surface area contributed by atoms with Crippen LogP contribution in [0, 0.1) is 17.8 Å². The van der Waals surface area contributed by atoms with Gasteiger partial charge in [-0.2, -0.15) is 0 Å². The van der Waals surface area contributed by atoms with E-state index in [4.69, 9.17) is 4.74 Å². The van der Waals surface area contributed by atoms with E-state index in [1.807, 2.05) is 15.9 Å². The molecule has 7 heteroatoms. The molecule has 29 heavy (non-hydrogen) atoms. The first-order valence-corrected chi connectivity index (χ1v) is 11.1. The Morgan fingerprint density at radius 2 is 1.97 bits per heavy atom. The molecule has 2 N–H and O–H groups in total. The summed E-state index contributed by atoms with van der Waals surface area (Å²) in [6, 6.07) is 3.61. The predicted molar refractivity (Wildman–Crippen MR) is 106 cm³/mol. The summed E-state index contributed by atoms with van der Waals surface area (Å²) in [6.07, 6.45) is 8.29. The lowest BCUT2D eigenvalue weighted by atomic mass is 9.83. The highest BCUT2D eigenvalue weighted by molar-refractivity contribution is 5.92. The molecule has 4 heterocycles. The summed E-state index contributed by atoms with van der Waals surface area (Å²) in [6.45, 7) is 2.18. The average molecular weight is 402 g/mol. The summed E-state index contributed by atoms with van der Waals surface area (Å²) in [5.41, 5.74) is 0.0314. The Hall–Kier alpha value is -1.86. The van der Waals surface area contributed by atoms with E-state index < -0.39 is 5.60 Å². The van der Waals surface area contributed by atoms with Gasteiger partial charge in [-0.15, -0.1) is 0 Å². The molecule has 3 saturated heterocycles. The van der Waals surface area contributed by atoms with Gasteiger partial charge in [-0.1, -0.05) is 19.3 Å². The second-order valence-corrected chi connectivity index (χ2v) is 9.43. The fraction of sp³-hybridized carbons (Fsp3) is 0.727. The van der Waals surface area contributed by atoms with Gasteiger partial charge >= 0.3 is 0 Å². The number of carbonyl (C=O) groups is 2. The van der Waals surface area contributed by atoms with Gasteiger partial charge in [0.15, 0.2) is 0 Å². The number of nitrogens with one attached hydrogen (secondary N) is 1. The van der Waals surface area contributed by atoms with E-state index in [1.54, 1.807) is 12.3 Å². The molecule has 4 atom stereocenters. The first-order chi connectivity index (χ1) is 14.1. The molecule has 3 aliphatic heterocycles. The minimum atomic E-state index is -0.541. The van der Waals surface area contributed by atoms with Crippen molar-refractivity contribution in [3.63, 3.8) is 0 Å². The van der Waals surface area contributed by atoms with Gasteiger partial charge in [0, 0.05) is 44.1 Å². The molecule has 1 saturated carbocycles. The first-order valence-electron chi connectivity index (χ1n) is 11.1. The van der Waals surface area contributed by atoms with Crippen LogP contribution in [0.1, 0.15) is 49.0 Å². The lowest BCUT2D eigenvalue weighted by Gasteiger charge is -2.40. The number of hydrogen-bond acceptors (Lipinski definition) is 4. The lowest BCUT2D eigenvalue weighted by molar-refractivity contribution is -0.137. The number of aromatic amines is 1. The molecule has 158 valence electrons. The van der Waals surface area contributed by atoms with Crippen LogP contribution in [0.4, 0.5) is 0 Å². The number of aliphatic hydroxyl groups excluding tert-OH is 1. The number of H-pyrrole nitrogens is 1.